The van der Waals surface area contributed by atoms with Crippen molar-refractivity contribution in [2.75, 3.05) is 6.26 Å². The molecule has 0 fully saturated rings. The summed E-state index contributed by atoms with van der Waals surface area (Å²) in [4.78, 5) is 4.17. The molecule has 1 heterocycles. The van der Waals surface area contributed by atoms with Crippen LogP contribution in [0.3, 0.4) is 0 Å². The number of imidazole rings is 1. The predicted molar refractivity (Wildman–Crippen MR) is 50.2 cm³/mol. The van der Waals surface area contributed by atoms with Crippen LogP contribution in [0.15, 0.2) is 6.20 Å². The maximum atomic E-state index is 9.19. The summed E-state index contributed by atoms with van der Waals surface area (Å²) in [6.45, 7) is 3.99. The van der Waals surface area contributed by atoms with Gasteiger partial charge in [0.15, 0.2) is 0 Å². The van der Waals surface area contributed by atoms with Crippen molar-refractivity contribution in [1.29, 1.82) is 0 Å². The smallest absolute Gasteiger partial charge is 0.261 e. The van der Waals surface area contributed by atoms with Crippen molar-refractivity contribution in [2.45, 2.75) is 13.8 Å². The SMILES string of the molecule is CS(=O)(=O)O.Cc1cn(C)c(C)n1. The van der Waals surface area contributed by atoms with Gasteiger partial charge in [0.1, 0.15) is 5.82 Å². The normalized spacial score (nSPS) is 10.5. The Morgan fingerprint density at radius 3 is 1.92 bits per heavy atom. The van der Waals surface area contributed by atoms with Gasteiger partial charge in [-0.05, 0) is 13.8 Å². The Bertz CT molecular complexity index is 340. The van der Waals surface area contributed by atoms with Gasteiger partial charge >= 0.3 is 0 Å². The van der Waals surface area contributed by atoms with Gasteiger partial charge in [-0.15, -0.1) is 0 Å². The average Bonchev–Trinajstić information content (AvgIpc) is 2.05. The Balaban J connectivity index is 0.000000252. The van der Waals surface area contributed by atoms with Gasteiger partial charge in [-0.25, -0.2) is 4.98 Å². The second-order valence-electron chi connectivity index (χ2n) is 2.77. The largest absolute Gasteiger partial charge is 0.338 e. The van der Waals surface area contributed by atoms with Gasteiger partial charge in [-0.1, -0.05) is 0 Å². The van der Waals surface area contributed by atoms with Crippen LogP contribution in [0.5, 0.6) is 0 Å². The average molecular weight is 206 g/mol. The second kappa shape index (κ2) is 4.38. The number of aryl methyl sites for hydroxylation is 3. The first-order chi connectivity index (χ1) is 5.70. The third-order valence-electron chi connectivity index (χ3n) is 1.23. The Morgan fingerprint density at radius 2 is 1.85 bits per heavy atom. The van der Waals surface area contributed by atoms with Crippen molar-refractivity contribution in [3.63, 3.8) is 0 Å². The summed E-state index contributed by atoms with van der Waals surface area (Å²) < 4.78 is 27.9. The molecule has 1 rings (SSSR count). The standard InChI is InChI=1S/C6H10N2.CH4O3S/c1-5-4-8(3)6(2)7-5;1-5(2,3)4/h4H,1-3H3;1H3,(H,2,3,4). The summed E-state index contributed by atoms with van der Waals surface area (Å²) in [6, 6.07) is 0. The van der Waals surface area contributed by atoms with E-state index in [0.717, 1.165) is 11.5 Å². The van der Waals surface area contributed by atoms with Crippen molar-refractivity contribution < 1.29 is 13.0 Å². The number of nitrogens with zero attached hydrogens (tertiary/aromatic N) is 2. The van der Waals surface area contributed by atoms with Gasteiger partial charge in [0.25, 0.3) is 10.1 Å². The van der Waals surface area contributed by atoms with Crippen LogP contribution in [-0.4, -0.2) is 28.8 Å². The zero-order valence-electron chi connectivity index (χ0n) is 8.14. The summed E-state index contributed by atoms with van der Waals surface area (Å²) in [5, 5.41) is 0. The van der Waals surface area contributed by atoms with Gasteiger partial charge in [0.2, 0.25) is 0 Å². The molecule has 1 N–H and O–H groups in total. The van der Waals surface area contributed by atoms with Crippen molar-refractivity contribution in [3.8, 4) is 0 Å². The van der Waals surface area contributed by atoms with Gasteiger partial charge in [-0.2, -0.15) is 8.42 Å². The summed E-state index contributed by atoms with van der Waals surface area (Å²) in [5.41, 5.74) is 1.09. The molecule has 0 aliphatic carbocycles. The van der Waals surface area contributed by atoms with E-state index < -0.39 is 10.1 Å². The highest BCUT2D eigenvalue weighted by Gasteiger charge is 1.91. The fourth-order valence-corrected chi connectivity index (χ4v) is 0.737. The first kappa shape index (κ1) is 12.1. The van der Waals surface area contributed by atoms with E-state index in [-0.39, 0.29) is 0 Å². The maximum Gasteiger partial charge on any atom is 0.261 e. The van der Waals surface area contributed by atoms with Crippen molar-refractivity contribution in [1.82, 2.24) is 9.55 Å². The summed E-state index contributed by atoms with van der Waals surface area (Å²) in [7, 11) is -1.67. The molecule has 1 aromatic heterocycles. The van der Waals surface area contributed by atoms with E-state index in [0.29, 0.717) is 6.26 Å². The van der Waals surface area contributed by atoms with Gasteiger partial charge < -0.3 is 4.57 Å². The van der Waals surface area contributed by atoms with Crippen LogP contribution >= 0.6 is 0 Å². The van der Waals surface area contributed by atoms with E-state index in [9.17, 15) is 8.42 Å². The van der Waals surface area contributed by atoms with Gasteiger partial charge in [0, 0.05) is 13.2 Å². The molecule has 0 radical (unpaired) electrons. The minimum atomic E-state index is -3.67. The van der Waals surface area contributed by atoms with E-state index in [1.54, 1.807) is 0 Å². The molecule has 5 nitrogen and oxygen atoms in total. The molecule has 0 bridgehead atoms. The van der Waals surface area contributed by atoms with Crippen molar-refractivity contribution in [3.05, 3.63) is 17.7 Å². The Kier molecular flexibility index (Phi) is 4.09. The van der Waals surface area contributed by atoms with E-state index in [2.05, 4.69) is 4.98 Å². The molecule has 0 aliphatic rings. The molecule has 0 saturated carbocycles. The predicted octanol–water partition coefficient (Wildman–Crippen LogP) is 0.541. The molecule has 0 saturated heterocycles. The maximum absolute atomic E-state index is 9.19. The highest BCUT2D eigenvalue weighted by atomic mass is 32.2. The lowest BCUT2D eigenvalue weighted by molar-refractivity contribution is 0.490. The Morgan fingerprint density at radius 1 is 1.46 bits per heavy atom. The number of hydrogen-bond donors (Lipinski definition) is 1. The van der Waals surface area contributed by atoms with Crippen molar-refractivity contribution >= 4 is 10.1 Å². The lowest BCUT2D eigenvalue weighted by Crippen LogP contribution is -1.88. The van der Waals surface area contributed by atoms with Crippen LogP contribution in [0.2, 0.25) is 0 Å². The van der Waals surface area contributed by atoms with E-state index >= 15 is 0 Å². The highest BCUT2D eigenvalue weighted by Crippen LogP contribution is 1.95. The Labute approximate surface area is 78.2 Å². The summed E-state index contributed by atoms with van der Waals surface area (Å²) >= 11 is 0. The molecule has 6 heteroatoms. The minimum absolute atomic E-state index is 0.715. The molecule has 1 aromatic rings. The van der Waals surface area contributed by atoms with E-state index in [4.69, 9.17) is 4.55 Å². The molecule has 0 aliphatic heterocycles. The molecule has 0 amide bonds. The van der Waals surface area contributed by atoms with Crippen LogP contribution in [0.1, 0.15) is 11.5 Å². The second-order valence-corrected chi connectivity index (χ2v) is 4.24. The fourth-order valence-electron chi connectivity index (χ4n) is 0.737. The minimum Gasteiger partial charge on any atom is -0.338 e. The monoisotopic (exact) mass is 206 g/mol. The molecule has 0 spiro atoms. The molecule has 76 valence electrons. The van der Waals surface area contributed by atoms with Crippen LogP contribution < -0.4 is 0 Å². The molecular formula is C7H14N2O3S. The molecule has 0 atom stereocenters. The zero-order valence-corrected chi connectivity index (χ0v) is 8.96. The number of rotatable bonds is 0. The van der Waals surface area contributed by atoms with Crippen LogP contribution in [0.25, 0.3) is 0 Å². The first-order valence-electron chi connectivity index (χ1n) is 3.59. The number of aromatic nitrogens is 2. The first-order valence-corrected chi connectivity index (χ1v) is 5.44. The quantitative estimate of drug-likeness (QED) is 0.629. The van der Waals surface area contributed by atoms with E-state index in [1.165, 1.54) is 0 Å². The summed E-state index contributed by atoms with van der Waals surface area (Å²) in [5.74, 6) is 1.07. The topological polar surface area (TPSA) is 72.2 Å². The Hall–Kier alpha value is -0.880. The molecule has 13 heavy (non-hydrogen) atoms. The van der Waals surface area contributed by atoms with Crippen LogP contribution in [-0.2, 0) is 17.2 Å². The van der Waals surface area contributed by atoms with Crippen LogP contribution in [0.4, 0.5) is 0 Å². The lowest BCUT2D eigenvalue weighted by Gasteiger charge is -1.87. The third-order valence-corrected chi connectivity index (χ3v) is 1.23. The zero-order chi connectivity index (χ0) is 10.6. The van der Waals surface area contributed by atoms with Gasteiger partial charge in [0.05, 0.1) is 11.9 Å². The number of hydrogen-bond acceptors (Lipinski definition) is 3. The van der Waals surface area contributed by atoms with E-state index in [1.807, 2.05) is 31.7 Å². The third kappa shape index (κ3) is 7.48. The highest BCUT2D eigenvalue weighted by molar-refractivity contribution is 7.85. The molecule has 0 aromatic carbocycles. The van der Waals surface area contributed by atoms with Crippen LogP contribution in [0, 0.1) is 13.8 Å². The summed E-state index contributed by atoms with van der Waals surface area (Å²) in [6.07, 6.45) is 2.72. The fraction of sp³-hybridized carbons (Fsp3) is 0.571. The lowest BCUT2D eigenvalue weighted by atomic mass is 10.6. The molecular weight excluding hydrogens is 192 g/mol. The van der Waals surface area contributed by atoms with Crippen molar-refractivity contribution in [2.24, 2.45) is 7.05 Å². The van der Waals surface area contributed by atoms with Gasteiger partial charge in [-0.3, -0.25) is 4.55 Å². The molecule has 0 unspecified atom stereocenters.